The molecule has 0 aromatic carbocycles. The van der Waals surface area contributed by atoms with Crippen LogP contribution in [0.5, 0.6) is 0 Å². The van der Waals surface area contributed by atoms with Crippen LogP contribution >= 0.6 is 0 Å². The molecule has 0 bridgehead atoms. The molecule has 0 radical (unpaired) electrons. The first-order valence-electron chi connectivity index (χ1n) is 6.22. The lowest BCUT2D eigenvalue weighted by molar-refractivity contribution is -0.138. The maximum atomic E-state index is 11.9. The summed E-state index contributed by atoms with van der Waals surface area (Å²) < 4.78 is 5.20. The van der Waals surface area contributed by atoms with E-state index >= 15 is 0 Å². The Labute approximate surface area is 106 Å². The molecule has 2 aliphatic heterocycles. The van der Waals surface area contributed by atoms with E-state index in [-0.39, 0.29) is 18.6 Å². The zero-order valence-electron chi connectivity index (χ0n) is 10.3. The van der Waals surface area contributed by atoms with Crippen LogP contribution in [0.25, 0.3) is 0 Å². The Balaban J connectivity index is 1.71. The average Bonchev–Trinajstić information content (AvgIpc) is 2.82. The third kappa shape index (κ3) is 3.58. The van der Waals surface area contributed by atoms with Crippen molar-refractivity contribution in [2.45, 2.75) is 12.5 Å². The monoisotopic (exact) mass is 257 g/mol. The second-order valence-electron chi connectivity index (χ2n) is 4.67. The number of hydrogen-bond acceptors (Lipinski definition) is 4. The first-order chi connectivity index (χ1) is 8.65. The lowest BCUT2D eigenvalue weighted by atomic mass is 10.2. The molecule has 0 aliphatic carbocycles. The van der Waals surface area contributed by atoms with Crippen LogP contribution < -0.4 is 5.32 Å². The van der Waals surface area contributed by atoms with Crippen molar-refractivity contribution in [3.8, 4) is 0 Å². The smallest absolute Gasteiger partial charge is 0.317 e. The number of ether oxygens (including phenoxy) is 1. The highest BCUT2D eigenvalue weighted by Gasteiger charge is 2.25. The molecule has 7 heteroatoms. The van der Waals surface area contributed by atoms with Gasteiger partial charge in [0.15, 0.2) is 0 Å². The molecule has 2 N–H and O–H groups in total. The Morgan fingerprint density at radius 2 is 2.00 bits per heavy atom. The van der Waals surface area contributed by atoms with Gasteiger partial charge in [-0.3, -0.25) is 9.69 Å². The third-order valence-electron chi connectivity index (χ3n) is 3.28. The Hall–Kier alpha value is -1.34. The van der Waals surface area contributed by atoms with Crippen molar-refractivity contribution >= 4 is 12.0 Å². The Kier molecular flexibility index (Phi) is 4.38. The molecule has 18 heavy (non-hydrogen) atoms. The molecular formula is C11H19N3O4. The number of nitrogens with one attached hydrogen (secondary N) is 1. The van der Waals surface area contributed by atoms with Gasteiger partial charge in [0.25, 0.3) is 0 Å². The maximum absolute atomic E-state index is 11.9. The van der Waals surface area contributed by atoms with Gasteiger partial charge in [-0.25, -0.2) is 4.79 Å². The number of aliphatic carboxylic acids is 1. The van der Waals surface area contributed by atoms with Crippen LogP contribution in [0, 0.1) is 0 Å². The van der Waals surface area contributed by atoms with Crippen molar-refractivity contribution in [1.82, 2.24) is 15.1 Å². The standard InChI is InChI=1S/C11H19N3O4/c15-10(16)7-13-2-4-14(5-3-13)11(17)12-9-1-6-18-8-9/h9H,1-8H2,(H,12,17)(H,15,16). The van der Waals surface area contributed by atoms with Gasteiger partial charge >= 0.3 is 12.0 Å². The molecule has 7 nitrogen and oxygen atoms in total. The van der Waals surface area contributed by atoms with Gasteiger partial charge < -0.3 is 20.1 Å². The largest absolute Gasteiger partial charge is 0.480 e. The molecule has 0 aromatic rings. The summed E-state index contributed by atoms with van der Waals surface area (Å²) in [5.74, 6) is -0.823. The van der Waals surface area contributed by atoms with Gasteiger partial charge in [0.05, 0.1) is 19.2 Å². The van der Waals surface area contributed by atoms with E-state index in [0.29, 0.717) is 39.4 Å². The van der Waals surface area contributed by atoms with Gasteiger partial charge in [0, 0.05) is 32.8 Å². The molecule has 2 fully saturated rings. The first kappa shape index (κ1) is 13.1. The fourth-order valence-electron chi connectivity index (χ4n) is 2.21. The van der Waals surface area contributed by atoms with E-state index in [1.807, 2.05) is 4.90 Å². The van der Waals surface area contributed by atoms with E-state index in [4.69, 9.17) is 9.84 Å². The summed E-state index contributed by atoms with van der Waals surface area (Å²) in [4.78, 5) is 26.0. The first-order valence-corrected chi connectivity index (χ1v) is 6.22. The predicted molar refractivity (Wildman–Crippen MR) is 63.4 cm³/mol. The van der Waals surface area contributed by atoms with Crippen LogP contribution in [0.4, 0.5) is 4.79 Å². The highest BCUT2D eigenvalue weighted by molar-refractivity contribution is 5.74. The lowest BCUT2D eigenvalue weighted by Gasteiger charge is -2.34. The van der Waals surface area contributed by atoms with Gasteiger partial charge in [-0.1, -0.05) is 0 Å². The molecule has 0 aromatic heterocycles. The van der Waals surface area contributed by atoms with E-state index in [0.717, 1.165) is 6.42 Å². The summed E-state index contributed by atoms with van der Waals surface area (Å²) in [6.07, 6.45) is 0.866. The summed E-state index contributed by atoms with van der Waals surface area (Å²) >= 11 is 0. The number of carboxylic acids is 1. The summed E-state index contributed by atoms with van der Waals surface area (Å²) in [7, 11) is 0. The number of rotatable bonds is 3. The van der Waals surface area contributed by atoms with Crippen LogP contribution in [-0.2, 0) is 9.53 Å². The maximum Gasteiger partial charge on any atom is 0.317 e. The molecule has 2 aliphatic rings. The van der Waals surface area contributed by atoms with Gasteiger partial charge in [0.1, 0.15) is 0 Å². The molecule has 2 amide bonds. The van der Waals surface area contributed by atoms with Crippen molar-refractivity contribution < 1.29 is 19.4 Å². The van der Waals surface area contributed by atoms with E-state index < -0.39 is 5.97 Å². The average molecular weight is 257 g/mol. The third-order valence-corrected chi connectivity index (χ3v) is 3.28. The number of urea groups is 1. The second kappa shape index (κ2) is 6.01. The number of amides is 2. The minimum Gasteiger partial charge on any atom is -0.480 e. The number of piperazine rings is 1. The van der Waals surface area contributed by atoms with Crippen molar-refractivity contribution in [3.05, 3.63) is 0 Å². The molecule has 1 unspecified atom stereocenters. The second-order valence-corrected chi connectivity index (χ2v) is 4.67. The van der Waals surface area contributed by atoms with Crippen molar-refractivity contribution in [2.75, 3.05) is 45.9 Å². The minimum atomic E-state index is -0.823. The number of carboxylic acid groups (broad SMARTS) is 1. The molecule has 2 saturated heterocycles. The van der Waals surface area contributed by atoms with Gasteiger partial charge in [-0.2, -0.15) is 0 Å². The number of hydrogen-bond donors (Lipinski definition) is 2. The minimum absolute atomic E-state index is 0.0475. The highest BCUT2D eigenvalue weighted by Crippen LogP contribution is 2.06. The number of carbonyl (C=O) groups excluding carboxylic acids is 1. The van der Waals surface area contributed by atoms with Crippen LogP contribution in [0.2, 0.25) is 0 Å². The number of carbonyl (C=O) groups is 2. The summed E-state index contributed by atoms with van der Waals surface area (Å²) in [5.41, 5.74) is 0. The van der Waals surface area contributed by atoms with Crippen LogP contribution in [0.3, 0.4) is 0 Å². The quantitative estimate of drug-likeness (QED) is 0.691. The SMILES string of the molecule is O=C(O)CN1CCN(C(=O)NC2CCOC2)CC1. The fourth-order valence-corrected chi connectivity index (χ4v) is 2.21. The Morgan fingerprint density at radius 3 is 2.56 bits per heavy atom. The molecule has 0 spiro atoms. The van der Waals surface area contributed by atoms with Crippen LogP contribution in [0.15, 0.2) is 0 Å². The molecular weight excluding hydrogens is 238 g/mol. The van der Waals surface area contributed by atoms with E-state index in [1.54, 1.807) is 4.90 Å². The fraction of sp³-hybridized carbons (Fsp3) is 0.818. The van der Waals surface area contributed by atoms with E-state index in [9.17, 15) is 9.59 Å². The van der Waals surface area contributed by atoms with Crippen molar-refractivity contribution in [3.63, 3.8) is 0 Å². The lowest BCUT2D eigenvalue weighted by Crippen LogP contribution is -2.54. The van der Waals surface area contributed by atoms with Crippen LogP contribution in [0.1, 0.15) is 6.42 Å². The summed E-state index contributed by atoms with van der Waals surface area (Å²) in [5, 5.41) is 11.6. The zero-order chi connectivity index (χ0) is 13.0. The number of nitrogens with zero attached hydrogens (tertiary/aromatic N) is 2. The van der Waals surface area contributed by atoms with E-state index in [2.05, 4.69) is 5.32 Å². The van der Waals surface area contributed by atoms with Gasteiger partial charge in [0.2, 0.25) is 0 Å². The summed E-state index contributed by atoms with van der Waals surface area (Å²) in [6, 6.07) is 0.0509. The highest BCUT2D eigenvalue weighted by atomic mass is 16.5. The zero-order valence-corrected chi connectivity index (χ0v) is 10.3. The molecule has 2 rings (SSSR count). The summed E-state index contributed by atoms with van der Waals surface area (Å²) in [6.45, 7) is 3.72. The molecule has 2 heterocycles. The topological polar surface area (TPSA) is 82.1 Å². The predicted octanol–water partition coefficient (Wildman–Crippen LogP) is -0.813. The molecule has 0 saturated carbocycles. The van der Waals surface area contributed by atoms with Gasteiger partial charge in [-0.15, -0.1) is 0 Å². The molecule has 102 valence electrons. The van der Waals surface area contributed by atoms with E-state index in [1.165, 1.54) is 0 Å². The Bertz CT molecular complexity index is 309. The molecule has 1 atom stereocenters. The normalized spacial score (nSPS) is 25.1. The Morgan fingerprint density at radius 1 is 1.28 bits per heavy atom. The van der Waals surface area contributed by atoms with Crippen molar-refractivity contribution in [1.29, 1.82) is 0 Å². The van der Waals surface area contributed by atoms with Gasteiger partial charge in [-0.05, 0) is 6.42 Å². The van der Waals surface area contributed by atoms with Crippen molar-refractivity contribution in [2.24, 2.45) is 0 Å². The van der Waals surface area contributed by atoms with Crippen LogP contribution in [-0.4, -0.2) is 78.9 Å².